The van der Waals surface area contributed by atoms with E-state index in [-0.39, 0.29) is 18.1 Å². The van der Waals surface area contributed by atoms with E-state index in [2.05, 4.69) is 10.6 Å². The molecule has 0 aliphatic carbocycles. The Morgan fingerprint density at radius 3 is 2.91 bits per heavy atom. The van der Waals surface area contributed by atoms with Crippen molar-refractivity contribution in [2.45, 2.75) is 6.92 Å². The predicted molar refractivity (Wildman–Crippen MR) is 79.7 cm³/mol. The fourth-order valence-corrected chi connectivity index (χ4v) is 2.20. The molecule has 3 rings (SSSR count). The first-order chi connectivity index (χ1) is 10.5. The molecule has 0 unspecified atom stereocenters. The summed E-state index contributed by atoms with van der Waals surface area (Å²) < 4.78 is 18.5. The van der Waals surface area contributed by atoms with E-state index in [9.17, 15) is 14.0 Å². The Morgan fingerprint density at radius 1 is 1.27 bits per heavy atom. The quantitative estimate of drug-likeness (QED) is 0.896. The largest absolute Gasteiger partial charge is 0.482 e. The van der Waals surface area contributed by atoms with Crippen LogP contribution in [0.3, 0.4) is 0 Å². The molecular weight excluding hydrogens is 287 g/mol. The maximum Gasteiger partial charge on any atom is 0.262 e. The molecule has 0 atom stereocenters. The molecule has 0 fully saturated rings. The molecule has 6 heteroatoms. The molecule has 22 heavy (non-hydrogen) atoms. The second kappa shape index (κ2) is 5.48. The molecular formula is C16H13FN2O3. The van der Waals surface area contributed by atoms with Crippen molar-refractivity contribution < 1.29 is 18.7 Å². The van der Waals surface area contributed by atoms with Crippen molar-refractivity contribution in [2.24, 2.45) is 0 Å². The highest BCUT2D eigenvalue weighted by Crippen LogP contribution is 2.30. The summed E-state index contributed by atoms with van der Waals surface area (Å²) in [6.07, 6.45) is 0. The lowest BCUT2D eigenvalue weighted by atomic mass is 10.1. The zero-order valence-corrected chi connectivity index (χ0v) is 11.8. The van der Waals surface area contributed by atoms with Gasteiger partial charge in [0.2, 0.25) is 0 Å². The Balaban J connectivity index is 1.84. The van der Waals surface area contributed by atoms with Crippen molar-refractivity contribution in [3.63, 3.8) is 0 Å². The number of fused-ring (bicyclic) bond motifs is 1. The number of rotatable bonds is 2. The molecule has 2 aromatic rings. The Bertz CT molecular complexity index is 774. The topological polar surface area (TPSA) is 67.4 Å². The Labute approximate surface area is 126 Å². The lowest BCUT2D eigenvalue weighted by molar-refractivity contribution is -0.118. The number of aryl methyl sites for hydroxylation is 1. The van der Waals surface area contributed by atoms with Gasteiger partial charge in [-0.3, -0.25) is 9.59 Å². The molecule has 1 heterocycles. The molecule has 5 nitrogen and oxygen atoms in total. The van der Waals surface area contributed by atoms with E-state index in [1.54, 1.807) is 31.2 Å². The van der Waals surface area contributed by atoms with E-state index < -0.39 is 11.7 Å². The number of carbonyl (C=O) groups excluding carboxylic acids is 2. The molecule has 0 aromatic heterocycles. The number of benzene rings is 2. The van der Waals surface area contributed by atoms with E-state index in [4.69, 9.17) is 4.74 Å². The van der Waals surface area contributed by atoms with Crippen LogP contribution in [0.15, 0.2) is 36.4 Å². The molecule has 1 aliphatic rings. The van der Waals surface area contributed by atoms with Gasteiger partial charge in [0.25, 0.3) is 11.8 Å². The molecule has 0 radical (unpaired) electrons. The third-order valence-corrected chi connectivity index (χ3v) is 3.31. The van der Waals surface area contributed by atoms with Crippen LogP contribution in [0.1, 0.15) is 15.9 Å². The van der Waals surface area contributed by atoms with Crippen molar-refractivity contribution in [3.8, 4) is 5.75 Å². The van der Waals surface area contributed by atoms with Crippen molar-refractivity contribution in [1.29, 1.82) is 0 Å². The number of nitrogens with one attached hydrogen (secondary N) is 2. The predicted octanol–water partition coefficient (Wildman–Crippen LogP) is 2.72. The summed E-state index contributed by atoms with van der Waals surface area (Å²) in [5.41, 5.74) is 1.91. The monoisotopic (exact) mass is 300 g/mol. The third kappa shape index (κ3) is 2.76. The van der Waals surface area contributed by atoms with Crippen LogP contribution in [0.5, 0.6) is 5.75 Å². The summed E-state index contributed by atoms with van der Waals surface area (Å²) in [5, 5.41) is 5.34. The number of hydrogen-bond donors (Lipinski definition) is 2. The Hall–Kier alpha value is -2.89. The summed E-state index contributed by atoms with van der Waals surface area (Å²) in [6, 6.07) is 8.95. The summed E-state index contributed by atoms with van der Waals surface area (Å²) in [6.45, 7) is 1.70. The molecule has 0 saturated heterocycles. The average molecular weight is 300 g/mol. The first-order valence-corrected chi connectivity index (χ1v) is 6.67. The number of carbonyl (C=O) groups is 2. The van der Waals surface area contributed by atoms with Crippen LogP contribution in [0, 0.1) is 12.7 Å². The highest BCUT2D eigenvalue weighted by molar-refractivity contribution is 6.06. The SMILES string of the molecule is Cc1ccc(F)cc1C(=O)Nc1ccc2c(c1)NC(=O)CO2. The number of halogens is 1. The zero-order chi connectivity index (χ0) is 15.7. The third-order valence-electron chi connectivity index (χ3n) is 3.31. The van der Waals surface area contributed by atoms with Gasteiger partial charge < -0.3 is 15.4 Å². The van der Waals surface area contributed by atoms with E-state index in [1.165, 1.54) is 12.1 Å². The summed E-state index contributed by atoms with van der Waals surface area (Å²) in [7, 11) is 0. The summed E-state index contributed by atoms with van der Waals surface area (Å²) >= 11 is 0. The van der Waals surface area contributed by atoms with Crippen LogP contribution in [-0.2, 0) is 4.79 Å². The van der Waals surface area contributed by atoms with Crippen molar-refractivity contribution in [3.05, 3.63) is 53.3 Å². The van der Waals surface area contributed by atoms with Crippen molar-refractivity contribution in [1.82, 2.24) is 0 Å². The zero-order valence-electron chi connectivity index (χ0n) is 11.8. The fraction of sp³-hybridized carbons (Fsp3) is 0.125. The van der Waals surface area contributed by atoms with Crippen LogP contribution >= 0.6 is 0 Å². The van der Waals surface area contributed by atoms with Gasteiger partial charge in [-0.1, -0.05) is 6.07 Å². The van der Waals surface area contributed by atoms with Gasteiger partial charge in [-0.25, -0.2) is 4.39 Å². The Morgan fingerprint density at radius 2 is 2.09 bits per heavy atom. The van der Waals surface area contributed by atoms with Crippen LogP contribution in [0.25, 0.3) is 0 Å². The standard InChI is InChI=1S/C16H13FN2O3/c1-9-2-3-10(17)6-12(9)16(21)18-11-4-5-14-13(7-11)19-15(20)8-22-14/h2-7H,8H2,1H3,(H,18,21)(H,19,20). The lowest BCUT2D eigenvalue weighted by Gasteiger charge is -2.18. The minimum absolute atomic E-state index is 0.0266. The summed E-state index contributed by atoms with van der Waals surface area (Å²) in [5.74, 6) is -0.599. The van der Waals surface area contributed by atoms with Gasteiger partial charge in [-0.15, -0.1) is 0 Å². The molecule has 2 N–H and O–H groups in total. The number of ether oxygens (including phenoxy) is 1. The van der Waals surface area contributed by atoms with E-state index in [0.717, 1.165) is 0 Å². The number of amides is 2. The maximum atomic E-state index is 13.3. The van der Waals surface area contributed by atoms with E-state index >= 15 is 0 Å². The fourth-order valence-electron chi connectivity index (χ4n) is 2.20. The van der Waals surface area contributed by atoms with E-state index in [1.807, 2.05) is 0 Å². The molecule has 2 aromatic carbocycles. The van der Waals surface area contributed by atoms with Gasteiger partial charge in [-0.2, -0.15) is 0 Å². The van der Waals surface area contributed by atoms with Crippen LogP contribution in [0.4, 0.5) is 15.8 Å². The molecule has 112 valence electrons. The molecule has 1 aliphatic heterocycles. The summed E-state index contributed by atoms with van der Waals surface area (Å²) in [4.78, 5) is 23.5. The first kappa shape index (κ1) is 14.1. The molecule has 0 saturated carbocycles. The molecule has 2 amide bonds. The van der Waals surface area contributed by atoms with Gasteiger partial charge in [-0.05, 0) is 42.8 Å². The maximum absolute atomic E-state index is 13.3. The lowest BCUT2D eigenvalue weighted by Crippen LogP contribution is -2.25. The normalized spacial score (nSPS) is 12.9. The van der Waals surface area contributed by atoms with Gasteiger partial charge in [0.15, 0.2) is 6.61 Å². The van der Waals surface area contributed by atoms with E-state index in [0.29, 0.717) is 22.7 Å². The number of hydrogen-bond acceptors (Lipinski definition) is 3. The Kier molecular flexibility index (Phi) is 3.50. The minimum Gasteiger partial charge on any atom is -0.482 e. The van der Waals surface area contributed by atoms with Crippen molar-refractivity contribution in [2.75, 3.05) is 17.2 Å². The van der Waals surface area contributed by atoms with Crippen LogP contribution in [-0.4, -0.2) is 18.4 Å². The van der Waals surface area contributed by atoms with Crippen LogP contribution in [0.2, 0.25) is 0 Å². The molecule has 0 spiro atoms. The van der Waals surface area contributed by atoms with Gasteiger partial charge >= 0.3 is 0 Å². The smallest absolute Gasteiger partial charge is 0.262 e. The highest BCUT2D eigenvalue weighted by Gasteiger charge is 2.17. The molecule has 0 bridgehead atoms. The second-order valence-electron chi connectivity index (χ2n) is 4.96. The second-order valence-corrected chi connectivity index (χ2v) is 4.96. The average Bonchev–Trinajstić information content (AvgIpc) is 2.49. The van der Waals surface area contributed by atoms with Crippen LogP contribution < -0.4 is 15.4 Å². The van der Waals surface area contributed by atoms with Gasteiger partial charge in [0, 0.05) is 11.3 Å². The number of anilines is 2. The first-order valence-electron chi connectivity index (χ1n) is 6.67. The minimum atomic E-state index is -0.471. The highest BCUT2D eigenvalue weighted by atomic mass is 19.1. The van der Waals surface area contributed by atoms with Gasteiger partial charge in [0.1, 0.15) is 11.6 Å². The van der Waals surface area contributed by atoms with Crippen molar-refractivity contribution >= 4 is 23.2 Å². The van der Waals surface area contributed by atoms with Gasteiger partial charge in [0.05, 0.1) is 5.69 Å².